The van der Waals surface area contributed by atoms with Gasteiger partial charge in [-0.2, -0.15) is 0 Å². The molecule has 0 aliphatic carbocycles. The molecule has 1 aliphatic rings. The predicted molar refractivity (Wildman–Crippen MR) is 127 cm³/mol. The lowest BCUT2D eigenvalue weighted by Crippen LogP contribution is -2.52. The van der Waals surface area contributed by atoms with E-state index in [0.29, 0.717) is 0 Å². The molecule has 6 heteroatoms. The Labute approximate surface area is 180 Å². The van der Waals surface area contributed by atoms with Gasteiger partial charge in [-0.15, -0.1) is 24.0 Å². The first-order valence-electron chi connectivity index (χ1n) is 9.19. The number of halogens is 1. The second-order valence-electron chi connectivity index (χ2n) is 6.77. The number of hydrogen-bond acceptors (Lipinski definition) is 3. The minimum atomic E-state index is 0. The largest absolute Gasteiger partial charge is 0.378 e. The van der Waals surface area contributed by atoms with Crippen molar-refractivity contribution in [3.05, 3.63) is 60.2 Å². The minimum Gasteiger partial charge on any atom is -0.378 e. The van der Waals surface area contributed by atoms with Crippen LogP contribution >= 0.6 is 24.0 Å². The van der Waals surface area contributed by atoms with Gasteiger partial charge in [-0.25, -0.2) is 0 Å². The molecule has 0 spiro atoms. The van der Waals surface area contributed by atoms with Gasteiger partial charge in [0.1, 0.15) is 0 Å². The van der Waals surface area contributed by atoms with Gasteiger partial charge in [0.2, 0.25) is 0 Å². The summed E-state index contributed by atoms with van der Waals surface area (Å²) in [6.45, 7) is 4.78. The lowest BCUT2D eigenvalue weighted by molar-refractivity contribution is 0.372. The van der Waals surface area contributed by atoms with Crippen LogP contribution in [-0.4, -0.2) is 58.2 Å². The Bertz CT molecular complexity index is 707. The molecular formula is C21H30IN5. The van der Waals surface area contributed by atoms with Gasteiger partial charge in [0.25, 0.3) is 0 Å². The lowest BCUT2D eigenvalue weighted by atomic mass is 10.2. The van der Waals surface area contributed by atoms with Crippen LogP contribution < -0.4 is 15.1 Å². The standard InChI is InChI=1S/C21H29N5.HI/c1-22-21(23-17-18-9-11-19(12-10-18)24(2)3)26-15-13-25(14-16-26)20-7-5-4-6-8-20;/h4-12H,13-17H2,1-3H3,(H,22,23);1H. The maximum atomic E-state index is 4.48. The number of guanidine groups is 1. The van der Waals surface area contributed by atoms with E-state index in [2.05, 4.69) is 93.7 Å². The molecule has 3 rings (SSSR count). The molecule has 2 aromatic rings. The quantitative estimate of drug-likeness (QED) is 0.415. The number of nitrogens with one attached hydrogen (secondary N) is 1. The Balaban J connectivity index is 0.00000261. The molecule has 0 radical (unpaired) electrons. The zero-order valence-corrected chi connectivity index (χ0v) is 18.8. The van der Waals surface area contributed by atoms with E-state index in [4.69, 9.17) is 0 Å². The number of hydrogen-bond donors (Lipinski definition) is 1. The van der Waals surface area contributed by atoms with E-state index in [-0.39, 0.29) is 24.0 Å². The van der Waals surface area contributed by atoms with Crippen molar-refractivity contribution in [2.45, 2.75) is 6.54 Å². The van der Waals surface area contributed by atoms with Crippen molar-refractivity contribution in [2.75, 3.05) is 57.1 Å². The fourth-order valence-electron chi connectivity index (χ4n) is 3.24. The van der Waals surface area contributed by atoms with E-state index in [1.165, 1.54) is 16.9 Å². The molecule has 2 aromatic carbocycles. The van der Waals surface area contributed by atoms with Crippen molar-refractivity contribution in [1.29, 1.82) is 0 Å². The van der Waals surface area contributed by atoms with Gasteiger partial charge in [-0.1, -0.05) is 30.3 Å². The highest BCUT2D eigenvalue weighted by Gasteiger charge is 2.19. The molecule has 0 bridgehead atoms. The van der Waals surface area contributed by atoms with Crippen LogP contribution in [0.5, 0.6) is 0 Å². The van der Waals surface area contributed by atoms with E-state index in [1.54, 1.807) is 0 Å². The highest BCUT2D eigenvalue weighted by molar-refractivity contribution is 14.0. The summed E-state index contributed by atoms with van der Waals surface area (Å²) in [6, 6.07) is 19.3. The zero-order chi connectivity index (χ0) is 18.4. The van der Waals surface area contributed by atoms with Gasteiger partial charge in [0.05, 0.1) is 0 Å². The second-order valence-corrected chi connectivity index (χ2v) is 6.77. The third-order valence-electron chi connectivity index (χ3n) is 4.82. The van der Waals surface area contributed by atoms with Crippen LogP contribution in [0.25, 0.3) is 0 Å². The molecule has 0 aromatic heterocycles. The fourth-order valence-corrected chi connectivity index (χ4v) is 3.24. The number of anilines is 2. The molecule has 1 aliphatic heterocycles. The Morgan fingerprint density at radius 1 is 0.963 bits per heavy atom. The summed E-state index contributed by atoms with van der Waals surface area (Å²) in [4.78, 5) is 11.4. The molecule has 5 nitrogen and oxygen atoms in total. The van der Waals surface area contributed by atoms with Crippen LogP contribution in [0.15, 0.2) is 59.6 Å². The van der Waals surface area contributed by atoms with Crippen LogP contribution in [-0.2, 0) is 6.54 Å². The summed E-state index contributed by atoms with van der Waals surface area (Å²) in [7, 11) is 5.98. The molecule has 0 saturated carbocycles. The van der Waals surface area contributed by atoms with E-state index in [9.17, 15) is 0 Å². The molecule has 0 amide bonds. The number of benzene rings is 2. The molecule has 0 atom stereocenters. The molecule has 27 heavy (non-hydrogen) atoms. The van der Waals surface area contributed by atoms with Crippen LogP contribution in [0, 0.1) is 0 Å². The van der Waals surface area contributed by atoms with Crippen molar-refractivity contribution in [2.24, 2.45) is 4.99 Å². The first-order valence-corrected chi connectivity index (χ1v) is 9.19. The maximum absolute atomic E-state index is 4.48. The number of rotatable bonds is 4. The highest BCUT2D eigenvalue weighted by atomic mass is 127. The topological polar surface area (TPSA) is 34.1 Å². The number of piperazine rings is 1. The number of nitrogens with zero attached hydrogens (tertiary/aromatic N) is 4. The normalized spacial score (nSPS) is 14.6. The van der Waals surface area contributed by atoms with E-state index < -0.39 is 0 Å². The Hall–Kier alpha value is -1.96. The van der Waals surface area contributed by atoms with Crippen LogP contribution in [0.2, 0.25) is 0 Å². The average molecular weight is 479 g/mol. The van der Waals surface area contributed by atoms with Gasteiger partial charge in [-0.3, -0.25) is 4.99 Å². The third-order valence-corrected chi connectivity index (χ3v) is 4.82. The van der Waals surface area contributed by atoms with Gasteiger partial charge in [-0.05, 0) is 29.8 Å². The van der Waals surface area contributed by atoms with Gasteiger partial charge in [0.15, 0.2) is 5.96 Å². The summed E-state index contributed by atoms with van der Waals surface area (Å²) in [6.07, 6.45) is 0. The SMILES string of the molecule is CN=C(NCc1ccc(N(C)C)cc1)N1CCN(c2ccccc2)CC1.I. The minimum absolute atomic E-state index is 0. The van der Waals surface area contributed by atoms with Crippen molar-refractivity contribution >= 4 is 41.3 Å². The zero-order valence-electron chi connectivity index (χ0n) is 16.4. The van der Waals surface area contributed by atoms with E-state index in [0.717, 1.165) is 38.7 Å². The first kappa shape index (κ1) is 21.3. The summed E-state index contributed by atoms with van der Waals surface area (Å²) >= 11 is 0. The summed E-state index contributed by atoms with van der Waals surface area (Å²) < 4.78 is 0. The van der Waals surface area contributed by atoms with Gasteiger partial charge in [0, 0.05) is 65.2 Å². The van der Waals surface area contributed by atoms with E-state index in [1.807, 2.05) is 7.05 Å². The Morgan fingerprint density at radius 3 is 2.15 bits per heavy atom. The summed E-state index contributed by atoms with van der Waals surface area (Å²) in [5.74, 6) is 0.981. The number of para-hydroxylation sites is 1. The molecule has 0 unspecified atom stereocenters. The third kappa shape index (κ3) is 5.76. The fraction of sp³-hybridized carbons (Fsp3) is 0.381. The van der Waals surface area contributed by atoms with E-state index >= 15 is 0 Å². The van der Waals surface area contributed by atoms with Crippen molar-refractivity contribution in [1.82, 2.24) is 10.2 Å². The average Bonchev–Trinajstić information content (AvgIpc) is 2.70. The summed E-state index contributed by atoms with van der Waals surface area (Å²) in [5, 5.41) is 3.50. The second kappa shape index (κ2) is 10.4. The molecule has 1 fully saturated rings. The smallest absolute Gasteiger partial charge is 0.194 e. The lowest BCUT2D eigenvalue weighted by Gasteiger charge is -2.37. The first-order chi connectivity index (χ1) is 12.7. The maximum Gasteiger partial charge on any atom is 0.194 e. The van der Waals surface area contributed by atoms with Crippen molar-refractivity contribution in [3.63, 3.8) is 0 Å². The molecular weight excluding hydrogens is 449 g/mol. The monoisotopic (exact) mass is 479 g/mol. The molecule has 146 valence electrons. The Morgan fingerprint density at radius 2 is 1.59 bits per heavy atom. The van der Waals surface area contributed by atoms with Crippen LogP contribution in [0.1, 0.15) is 5.56 Å². The van der Waals surface area contributed by atoms with Gasteiger partial charge < -0.3 is 20.0 Å². The Kier molecular flexibility index (Phi) is 8.22. The number of aliphatic imine (C=N–C) groups is 1. The predicted octanol–water partition coefficient (Wildman–Crippen LogP) is 3.27. The van der Waals surface area contributed by atoms with Crippen molar-refractivity contribution < 1.29 is 0 Å². The van der Waals surface area contributed by atoms with Crippen molar-refractivity contribution in [3.8, 4) is 0 Å². The van der Waals surface area contributed by atoms with Crippen LogP contribution in [0.3, 0.4) is 0 Å². The van der Waals surface area contributed by atoms with Gasteiger partial charge >= 0.3 is 0 Å². The highest BCUT2D eigenvalue weighted by Crippen LogP contribution is 2.16. The summed E-state index contributed by atoms with van der Waals surface area (Å²) in [5.41, 5.74) is 3.78. The molecule has 1 N–H and O–H groups in total. The molecule has 1 saturated heterocycles. The van der Waals surface area contributed by atoms with Crippen LogP contribution in [0.4, 0.5) is 11.4 Å². The molecule has 1 heterocycles.